The minimum absolute atomic E-state index is 0.0837. The van der Waals surface area contributed by atoms with E-state index in [4.69, 9.17) is 0 Å². The fraction of sp³-hybridized carbons (Fsp3) is 0.611. The molecule has 2 fully saturated rings. The van der Waals surface area contributed by atoms with Crippen LogP contribution in [0.25, 0.3) is 0 Å². The van der Waals surface area contributed by atoms with Crippen LogP contribution >= 0.6 is 0 Å². The predicted octanol–water partition coefficient (Wildman–Crippen LogP) is 3.08. The lowest BCUT2D eigenvalue weighted by atomic mass is 9.70. The number of carbonyl (C=O) groups excluding carboxylic acids is 1. The molecule has 0 heterocycles. The van der Waals surface area contributed by atoms with E-state index in [1.165, 1.54) is 0 Å². The average Bonchev–Trinajstić information content (AvgIpc) is 3.10. The summed E-state index contributed by atoms with van der Waals surface area (Å²) in [6.07, 6.45) is 9.44. The van der Waals surface area contributed by atoms with Gasteiger partial charge in [-0.05, 0) is 41.7 Å². The Morgan fingerprint density at radius 2 is 1.74 bits per heavy atom. The lowest BCUT2D eigenvalue weighted by Gasteiger charge is -2.37. The number of carbonyl (C=O) groups is 1. The van der Waals surface area contributed by atoms with Crippen LogP contribution in [0.5, 0.6) is 0 Å². The first-order chi connectivity index (χ1) is 10.6. The van der Waals surface area contributed by atoms with Gasteiger partial charge in [0.15, 0.2) is 10.5 Å². The van der Waals surface area contributed by atoms with E-state index in [2.05, 4.69) is 0 Å². The Hall–Kier alpha value is -1.20. The molecule has 0 spiro atoms. The summed E-state index contributed by atoms with van der Waals surface area (Å²) in [4.78, 5) is 13.3. The van der Waals surface area contributed by atoms with Gasteiger partial charge in [0.25, 0.3) is 10.1 Å². The molecule has 0 amide bonds. The topological polar surface area (TPSA) is 71.4 Å². The first kappa shape index (κ1) is 15.3. The van der Waals surface area contributed by atoms with Crippen molar-refractivity contribution < 1.29 is 17.8 Å². The van der Waals surface area contributed by atoms with Crippen molar-refractivity contribution in [2.24, 2.45) is 22.7 Å². The maximum absolute atomic E-state index is 13.3. The SMILES string of the molecule is CC12CCC(C1(C)C)C(CC1C3=CC=C1C=C3)(S(=O)(=O)O)C2=O. The first-order valence-electron chi connectivity index (χ1n) is 8.17. The van der Waals surface area contributed by atoms with E-state index >= 15 is 0 Å². The number of allylic oxidation sites excluding steroid dienone is 6. The molecule has 4 bridgehead atoms. The maximum atomic E-state index is 13.3. The van der Waals surface area contributed by atoms with Gasteiger partial charge >= 0.3 is 0 Å². The van der Waals surface area contributed by atoms with Crippen LogP contribution in [-0.2, 0) is 14.9 Å². The highest BCUT2D eigenvalue weighted by atomic mass is 32.2. The highest BCUT2D eigenvalue weighted by molar-refractivity contribution is 7.88. The van der Waals surface area contributed by atoms with Crippen LogP contribution in [-0.4, -0.2) is 23.5 Å². The molecule has 3 unspecified atom stereocenters. The summed E-state index contributed by atoms with van der Waals surface area (Å²) in [5.74, 6) is -0.690. The average molecular weight is 334 g/mol. The molecule has 0 aliphatic heterocycles. The zero-order valence-corrected chi connectivity index (χ0v) is 14.5. The molecule has 0 aromatic carbocycles. The van der Waals surface area contributed by atoms with Crippen molar-refractivity contribution in [1.29, 1.82) is 0 Å². The van der Waals surface area contributed by atoms with Crippen LogP contribution in [0, 0.1) is 22.7 Å². The molecular formula is C18H22O4S. The third-order valence-electron chi connectivity index (χ3n) is 7.38. The van der Waals surface area contributed by atoms with Gasteiger partial charge < -0.3 is 0 Å². The molecule has 4 rings (SSSR count). The van der Waals surface area contributed by atoms with Crippen LogP contribution < -0.4 is 0 Å². The zero-order valence-electron chi connectivity index (χ0n) is 13.7. The minimum Gasteiger partial charge on any atom is -0.297 e. The molecule has 4 aliphatic rings. The first-order valence-corrected chi connectivity index (χ1v) is 9.61. The lowest BCUT2D eigenvalue weighted by molar-refractivity contribution is -0.130. The van der Waals surface area contributed by atoms with E-state index in [1.807, 2.05) is 45.1 Å². The third-order valence-corrected chi connectivity index (χ3v) is 8.94. The maximum Gasteiger partial charge on any atom is 0.278 e. The van der Waals surface area contributed by atoms with Crippen molar-refractivity contribution in [1.82, 2.24) is 0 Å². The molecule has 1 N–H and O–H groups in total. The third kappa shape index (κ3) is 1.51. The fourth-order valence-corrected chi connectivity index (χ4v) is 7.29. The normalized spacial score (nSPS) is 40.9. The Balaban J connectivity index is 1.86. The molecule has 124 valence electrons. The highest BCUT2D eigenvalue weighted by Crippen LogP contribution is 2.70. The summed E-state index contributed by atoms with van der Waals surface area (Å²) in [6, 6.07) is 0. The van der Waals surface area contributed by atoms with Gasteiger partial charge in [-0.25, -0.2) is 0 Å². The van der Waals surface area contributed by atoms with Gasteiger partial charge in [-0.3, -0.25) is 9.35 Å². The van der Waals surface area contributed by atoms with E-state index in [-0.39, 0.29) is 24.0 Å². The minimum atomic E-state index is -4.49. The number of hydrogen-bond donors (Lipinski definition) is 1. The van der Waals surface area contributed by atoms with E-state index in [0.717, 1.165) is 11.1 Å². The second kappa shape index (κ2) is 4.06. The number of hydrogen-bond acceptors (Lipinski definition) is 3. The summed E-state index contributed by atoms with van der Waals surface area (Å²) >= 11 is 0. The molecule has 0 saturated heterocycles. The standard InChI is InChI=1S/C18H22O4S/c1-16(2)14-8-9-17(16,3)15(19)18(14,23(20,21)22)10-13-11-4-5-12(13)7-6-11/h4-7,13-14H,8-10H2,1-3H3,(H,20,21,22). The number of ketones is 1. The highest BCUT2D eigenvalue weighted by Gasteiger charge is 2.77. The lowest BCUT2D eigenvalue weighted by Crippen LogP contribution is -2.53. The molecular weight excluding hydrogens is 312 g/mol. The van der Waals surface area contributed by atoms with E-state index in [1.54, 1.807) is 0 Å². The molecule has 5 heteroatoms. The van der Waals surface area contributed by atoms with E-state index in [9.17, 15) is 17.8 Å². The largest absolute Gasteiger partial charge is 0.297 e. The van der Waals surface area contributed by atoms with Crippen LogP contribution in [0.4, 0.5) is 0 Å². The Kier molecular flexibility index (Phi) is 2.71. The van der Waals surface area contributed by atoms with Crippen molar-refractivity contribution in [3.63, 3.8) is 0 Å². The van der Waals surface area contributed by atoms with Gasteiger partial charge in [-0.15, -0.1) is 0 Å². The summed E-state index contributed by atoms with van der Waals surface area (Å²) in [7, 11) is -4.49. The van der Waals surface area contributed by atoms with Gasteiger partial charge in [0.2, 0.25) is 0 Å². The summed E-state index contributed by atoms with van der Waals surface area (Å²) in [5.41, 5.74) is 0.984. The van der Waals surface area contributed by atoms with Crippen LogP contribution in [0.3, 0.4) is 0 Å². The Bertz CT molecular complexity index is 792. The monoisotopic (exact) mass is 334 g/mol. The van der Waals surface area contributed by atoms with Crippen LogP contribution in [0.15, 0.2) is 35.5 Å². The Morgan fingerprint density at radius 1 is 1.17 bits per heavy atom. The van der Waals surface area contributed by atoms with Gasteiger partial charge in [0, 0.05) is 11.3 Å². The van der Waals surface area contributed by atoms with Crippen molar-refractivity contribution in [3.05, 3.63) is 35.5 Å². The van der Waals surface area contributed by atoms with Crippen molar-refractivity contribution in [2.45, 2.75) is 44.8 Å². The molecule has 0 aromatic heterocycles. The van der Waals surface area contributed by atoms with Crippen molar-refractivity contribution in [3.8, 4) is 0 Å². The van der Waals surface area contributed by atoms with Gasteiger partial charge in [-0.2, -0.15) is 8.42 Å². The van der Waals surface area contributed by atoms with E-state index < -0.39 is 25.7 Å². The Morgan fingerprint density at radius 3 is 2.13 bits per heavy atom. The second-order valence-electron chi connectivity index (χ2n) is 8.26. The second-order valence-corrected chi connectivity index (χ2v) is 9.94. The van der Waals surface area contributed by atoms with Gasteiger partial charge in [0.1, 0.15) is 0 Å². The number of fused-ring (bicyclic) bond motifs is 4. The van der Waals surface area contributed by atoms with Gasteiger partial charge in [0.05, 0.1) is 0 Å². The smallest absolute Gasteiger partial charge is 0.278 e. The molecule has 23 heavy (non-hydrogen) atoms. The molecule has 4 nitrogen and oxygen atoms in total. The molecule has 3 atom stereocenters. The number of Topliss-reactive ketones (excluding diaryl/α,β-unsaturated/α-hetero) is 1. The van der Waals surface area contributed by atoms with E-state index in [0.29, 0.717) is 12.8 Å². The zero-order chi connectivity index (χ0) is 16.8. The molecule has 0 radical (unpaired) electrons. The summed E-state index contributed by atoms with van der Waals surface area (Å²) < 4.78 is 33.5. The Labute approximate surface area is 137 Å². The van der Waals surface area contributed by atoms with Crippen LogP contribution in [0.1, 0.15) is 40.0 Å². The predicted molar refractivity (Wildman–Crippen MR) is 87.3 cm³/mol. The van der Waals surface area contributed by atoms with Crippen LogP contribution in [0.2, 0.25) is 0 Å². The summed E-state index contributed by atoms with van der Waals surface area (Å²) in [5, 5.41) is 0. The quantitative estimate of drug-likeness (QED) is 0.805. The van der Waals surface area contributed by atoms with Crippen molar-refractivity contribution in [2.75, 3.05) is 0 Å². The fourth-order valence-electron chi connectivity index (χ4n) is 5.68. The number of rotatable bonds is 3. The van der Waals surface area contributed by atoms with Crippen molar-refractivity contribution >= 4 is 15.9 Å². The molecule has 0 aromatic rings. The van der Waals surface area contributed by atoms with Gasteiger partial charge in [-0.1, -0.05) is 45.1 Å². The molecule has 2 saturated carbocycles. The summed E-state index contributed by atoms with van der Waals surface area (Å²) in [6.45, 7) is 5.84. The molecule has 4 aliphatic carbocycles.